The van der Waals surface area contributed by atoms with Crippen LogP contribution in [0.25, 0.3) is 0 Å². The first-order valence-corrected chi connectivity index (χ1v) is 6.74. The number of benzene rings is 2. The molecule has 21 heavy (non-hydrogen) atoms. The van der Waals surface area contributed by atoms with E-state index in [0.29, 0.717) is 29.4 Å². The van der Waals surface area contributed by atoms with Gasteiger partial charge in [0.05, 0.1) is 13.7 Å². The minimum Gasteiger partial charge on any atom is -0.496 e. The van der Waals surface area contributed by atoms with E-state index in [2.05, 4.69) is 0 Å². The Bertz CT molecular complexity index is 617. The van der Waals surface area contributed by atoms with E-state index in [1.54, 1.807) is 30.3 Å². The first kappa shape index (κ1) is 14.9. The summed E-state index contributed by atoms with van der Waals surface area (Å²) in [7, 11) is 1.53. The van der Waals surface area contributed by atoms with E-state index in [4.69, 9.17) is 14.2 Å². The van der Waals surface area contributed by atoms with Crippen molar-refractivity contribution >= 4 is 5.78 Å². The summed E-state index contributed by atoms with van der Waals surface area (Å²) in [5.74, 6) is 2.29. The monoisotopic (exact) mass is 286 g/mol. The molecule has 0 aromatic heterocycles. The average molecular weight is 286 g/mol. The van der Waals surface area contributed by atoms with Gasteiger partial charge in [0.1, 0.15) is 28.6 Å². The molecule has 0 atom stereocenters. The standard InChI is InChI=1S/C17H18O4/c1-4-20-13-8-10-14(11-9-13)21-16-7-5-6-15(19-3)17(16)12(2)18/h5-11H,4H2,1-3H3. The number of hydrogen-bond acceptors (Lipinski definition) is 4. The van der Waals surface area contributed by atoms with Gasteiger partial charge in [-0.3, -0.25) is 4.79 Å². The zero-order valence-corrected chi connectivity index (χ0v) is 12.4. The highest BCUT2D eigenvalue weighted by atomic mass is 16.5. The van der Waals surface area contributed by atoms with Crippen LogP contribution in [0.1, 0.15) is 24.2 Å². The first-order valence-electron chi connectivity index (χ1n) is 6.74. The molecule has 0 fully saturated rings. The van der Waals surface area contributed by atoms with Crippen molar-refractivity contribution in [3.05, 3.63) is 48.0 Å². The lowest BCUT2D eigenvalue weighted by Crippen LogP contribution is -2.01. The molecule has 0 radical (unpaired) electrons. The Morgan fingerprint density at radius 1 is 1.00 bits per heavy atom. The molecule has 0 unspecified atom stereocenters. The molecule has 110 valence electrons. The van der Waals surface area contributed by atoms with Crippen LogP contribution >= 0.6 is 0 Å². The van der Waals surface area contributed by atoms with Crippen LogP contribution in [0.5, 0.6) is 23.0 Å². The van der Waals surface area contributed by atoms with Gasteiger partial charge in [-0.2, -0.15) is 0 Å². The summed E-state index contributed by atoms with van der Waals surface area (Å²) in [5.41, 5.74) is 0.439. The van der Waals surface area contributed by atoms with Crippen LogP contribution < -0.4 is 14.2 Å². The van der Waals surface area contributed by atoms with Crippen LogP contribution in [-0.4, -0.2) is 19.5 Å². The van der Waals surface area contributed by atoms with Gasteiger partial charge in [0.15, 0.2) is 5.78 Å². The van der Waals surface area contributed by atoms with Crippen LogP contribution in [0, 0.1) is 0 Å². The molecule has 0 N–H and O–H groups in total. The zero-order chi connectivity index (χ0) is 15.2. The topological polar surface area (TPSA) is 44.8 Å². The number of rotatable bonds is 6. The van der Waals surface area contributed by atoms with E-state index >= 15 is 0 Å². The molecule has 2 rings (SSSR count). The third-order valence-electron chi connectivity index (χ3n) is 2.92. The summed E-state index contributed by atoms with van der Waals surface area (Å²) in [6.45, 7) is 4.03. The smallest absolute Gasteiger partial charge is 0.167 e. The number of ether oxygens (including phenoxy) is 3. The van der Waals surface area contributed by atoms with Crippen molar-refractivity contribution in [2.75, 3.05) is 13.7 Å². The van der Waals surface area contributed by atoms with Gasteiger partial charge in [-0.05, 0) is 50.2 Å². The van der Waals surface area contributed by atoms with Crippen LogP contribution in [0.2, 0.25) is 0 Å². The molecule has 4 nitrogen and oxygen atoms in total. The lowest BCUT2D eigenvalue weighted by Gasteiger charge is -2.13. The quantitative estimate of drug-likeness (QED) is 0.750. The van der Waals surface area contributed by atoms with Crippen molar-refractivity contribution in [2.24, 2.45) is 0 Å². The summed E-state index contributed by atoms with van der Waals surface area (Å²) < 4.78 is 16.4. The Kier molecular flexibility index (Phi) is 4.82. The SMILES string of the molecule is CCOc1ccc(Oc2cccc(OC)c2C(C)=O)cc1. The van der Waals surface area contributed by atoms with Gasteiger partial charge in [0, 0.05) is 0 Å². The van der Waals surface area contributed by atoms with Gasteiger partial charge >= 0.3 is 0 Å². The minimum absolute atomic E-state index is 0.103. The number of hydrogen-bond donors (Lipinski definition) is 0. The number of carbonyl (C=O) groups is 1. The Hall–Kier alpha value is -2.49. The number of ketones is 1. The Labute approximate surface area is 124 Å². The average Bonchev–Trinajstić information content (AvgIpc) is 2.49. The van der Waals surface area contributed by atoms with E-state index in [1.807, 2.05) is 19.1 Å². The summed E-state index contributed by atoms with van der Waals surface area (Å²) in [6, 6.07) is 12.5. The van der Waals surface area contributed by atoms with Crippen LogP contribution in [0.3, 0.4) is 0 Å². The Morgan fingerprint density at radius 3 is 2.19 bits per heavy atom. The molecule has 0 aliphatic rings. The summed E-state index contributed by atoms with van der Waals surface area (Å²) in [5, 5.41) is 0. The first-order chi connectivity index (χ1) is 10.2. The fourth-order valence-corrected chi connectivity index (χ4v) is 2.01. The third-order valence-corrected chi connectivity index (χ3v) is 2.92. The molecule has 2 aromatic carbocycles. The maximum absolute atomic E-state index is 11.8. The molecule has 2 aromatic rings. The predicted molar refractivity (Wildman–Crippen MR) is 80.7 cm³/mol. The van der Waals surface area contributed by atoms with Crippen molar-refractivity contribution in [3.8, 4) is 23.0 Å². The third kappa shape index (κ3) is 3.54. The lowest BCUT2D eigenvalue weighted by atomic mass is 10.1. The number of Topliss-reactive ketones (excluding diaryl/α,β-unsaturated/α-hetero) is 1. The molecule has 0 heterocycles. The van der Waals surface area contributed by atoms with E-state index in [9.17, 15) is 4.79 Å². The molecule has 0 aliphatic carbocycles. The van der Waals surface area contributed by atoms with Gasteiger partial charge in [-0.1, -0.05) is 6.07 Å². The second kappa shape index (κ2) is 6.79. The molecular formula is C17H18O4. The van der Waals surface area contributed by atoms with Gasteiger partial charge in [-0.25, -0.2) is 0 Å². The fraction of sp³-hybridized carbons (Fsp3) is 0.235. The molecule has 4 heteroatoms. The van der Waals surface area contributed by atoms with Crippen molar-refractivity contribution in [2.45, 2.75) is 13.8 Å². The van der Waals surface area contributed by atoms with Crippen LogP contribution in [0.15, 0.2) is 42.5 Å². The van der Waals surface area contributed by atoms with E-state index in [1.165, 1.54) is 14.0 Å². The number of carbonyl (C=O) groups excluding carboxylic acids is 1. The van der Waals surface area contributed by atoms with Gasteiger partial charge in [0.25, 0.3) is 0 Å². The largest absolute Gasteiger partial charge is 0.496 e. The summed E-state index contributed by atoms with van der Waals surface area (Å²) in [6.07, 6.45) is 0. The van der Waals surface area contributed by atoms with E-state index in [0.717, 1.165) is 5.75 Å². The highest BCUT2D eigenvalue weighted by Crippen LogP contribution is 2.32. The molecule has 0 bridgehead atoms. The summed E-state index contributed by atoms with van der Waals surface area (Å²) >= 11 is 0. The summed E-state index contributed by atoms with van der Waals surface area (Å²) in [4.78, 5) is 11.8. The molecular weight excluding hydrogens is 268 g/mol. The second-order valence-electron chi connectivity index (χ2n) is 4.40. The van der Waals surface area contributed by atoms with E-state index in [-0.39, 0.29) is 5.78 Å². The van der Waals surface area contributed by atoms with Crippen molar-refractivity contribution in [1.29, 1.82) is 0 Å². The zero-order valence-electron chi connectivity index (χ0n) is 12.4. The molecule has 0 spiro atoms. The second-order valence-corrected chi connectivity index (χ2v) is 4.40. The maximum atomic E-state index is 11.8. The molecule has 0 saturated carbocycles. The van der Waals surface area contributed by atoms with Crippen molar-refractivity contribution < 1.29 is 19.0 Å². The van der Waals surface area contributed by atoms with Crippen LogP contribution in [-0.2, 0) is 0 Å². The Balaban J connectivity index is 2.28. The van der Waals surface area contributed by atoms with Gasteiger partial charge in [-0.15, -0.1) is 0 Å². The van der Waals surface area contributed by atoms with Crippen molar-refractivity contribution in [3.63, 3.8) is 0 Å². The maximum Gasteiger partial charge on any atom is 0.167 e. The normalized spacial score (nSPS) is 10.0. The van der Waals surface area contributed by atoms with Crippen molar-refractivity contribution in [1.82, 2.24) is 0 Å². The lowest BCUT2D eigenvalue weighted by molar-refractivity contribution is 0.101. The van der Waals surface area contributed by atoms with Gasteiger partial charge in [0.2, 0.25) is 0 Å². The van der Waals surface area contributed by atoms with Gasteiger partial charge < -0.3 is 14.2 Å². The highest BCUT2D eigenvalue weighted by molar-refractivity contribution is 5.99. The Morgan fingerprint density at radius 2 is 1.62 bits per heavy atom. The fourth-order valence-electron chi connectivity index (χ4n) is 2.01. The molecule has 0 amide bonds. The molecule has 0 saturated heterocycles. The number of methoxy groups -OCH3 is 1. The predicted octanol–water partition coefficient (Wildman–Crippen LogP) is 4.09. The molecule has 0 aliphatic heterocycles. The minimum atomic E-state index is -0.103. The van der Waals surface area contributed by atoms with E-state index < -0.39 is 0 Å². The van der Waals surface area contributed by atoms with Crippen LogP contribution in [0.4, 0.5) is 0 Å². The highest BCUT2D eigenvalue weighted by Gasteiger charge is 2.15.